The minimum atomic E-state index is -0.0236. The Kier molecular flexibility index (Phi) is 7.63. The highest BCUT2D eigenvalue weighted by molar-refractivity contribution is 5.78. The molecule has 28 heavy (non-hydrogen) atoms. The van der Waals surface area contributed by atoms with E-state index in [0.717, 1.165) is 45.6 Å². The van der Waals surface area contributed by atoms with Gasteiger partial charge in [0.2, 0.25) is 5.91 Å². The van der Waals surface area contributed by atoms with E-state index in [2.05, 4.69) is 53.5 Å². The van der Waals surface area contributed by atoms with Crippen LogP contribution in [-0.4, -0.2) is 43.7 Å². The van der Waals surface area contributed by atoms with E-state index in [1.807, 2.05) is 24.3 Å². The molecule has 1 saturated heterocycles. The average Bonchev–Trinajstić information content (AvgIpc) is 2.74. The predicted octanol–water partition coefficient (Wildman–Crippen LogP) is 3.76. The molecule has 2 aromatic carbocycles. The van der Waals surface area contributed by atoms with Gasteiger partial charge in [-0.05, 0) is 36.9 Å². The normalized spacial score (nSPS) is 16.1. The first-order valence-electron chi connectivity index (χ1n) is 10.4. The average molecular weight is 381 g/mol. The Hall–Kier alpha value is -2.17. The molecule has 4 heteroatoms. The van der Waals surface area contributed by atoms with E-state index in [-0.39, 0.29) is 11.3 Å². The molecule has 1 amide bonds. The molecular formula is C24H32N2O2. The minimum absolute atomic E-state index is 0.0236. The van der Waals surface area contributed by atoms with Gasteiger partial charge in [-0.1, -0.05) is 67.6 Å². The lowest BCUT2D eigenvalue weighted by molar-refractivity contribution is -0.122. The molecule has 2 aromatic rings. The van der Waals surface area contributed by atoms with Crippen molar-refractivity contribution in [3.05, 3.63) is 71.8 Å². The number of hydrogen-bond donors (Lipinski definition) is 1. The molecule has 0 saturated carbocycles. The molecule has 1 aliphatic rings. The Balaban J connectivity index is 1.60. The Morgan fingerprint density at radius 3 is 2.32 bits per heavy atom. The summed E-state index contributed by atoms with van der Waals surface area (Å²) in [5, 5.41) is 3.23. The maximum Gasteiger partial charge on any atom is 0.234 e. The molecule has 1 fully saturated rings. The summed E-state index contributed by atoms with van der Waals surface area (Å²) >= 11 is 0. The van der Waals surface area contributed by atoms with Gasteiger partial charge < -0.3 is 10.1 Å². The zero-order valence-corrected chi connectivity index (χ0v) is 16.9. The number of carbonyl (C=O) groups excluding carboxylic acids is 1. The Morgan fingerprint density at radius 2 is 1.68 bits per heavy atom. The van der Waals surface area contributed by atoms with Crippen molar-refractivity contribution in [1.82, 2.24) is 10.2 Å². The summed E-state index contributed by atoms with van der Waals surface area (Å²) in [6.07, 6.45) is 2.92. The first-order valence-corrected chi connectivity index (χ1v) is 10.4. The maximum atomic E-state index is 12.8. The number of rotatable bonds is 9. The highest BCUT2D eigenvalue weighted by Crippen LogP contribution is 2.34. The standard InChI is InChI=1S/C24H32N2O2/c1-2-15-26(18-21-9-5-3-6-10-21)19-23(27)25-20-24(13-16-28-17-14-24)22-11-7-4-8-12-22/h3-12H,2,13-20H2,1H3,(H,25,27). The van der Waals surface area contributed by atoms with Crippen LogP contribution in [0, 0.1) is 0 Å². The van der Waals surface area contributed by atoms with Crippen LogP contribution in [0.2, 0.25) is 0 Å². The third-order valence-corrected chi connectivity index (χ3v) is 5.62. The molecule has 1 aliphatic heterocycles. The van der Waals surface area contributed by atoms with E-state index >= 15 is 0 Å². The molecule has 0 radical (unpaired) electrons. The second-order valence-corrected chi connectivity index (χ2v) is 7.73. The first kappa shape index (κ1) is 20.6. The van der Waals surface area contributed by atoms with Crippen LogP contribution in [0.15, 0.2) is 60.7 Å². The van der Waals surface area contributed by atoms with Crippen molar-refractivity contribution in [2.24, 2.45) is 0 Å². The lowest BCUT2D eigenvalue weighted by Gasteiger charge is -2.38. The highest BCUT2D eigenvalue weighted by Gasteiger charge is 2.34. The lowest BCUT2D eigenvalue weighted by Crippen LogP contribution is -2.47. The second kappa shape index (κ2) is 10.4. The second-order valence-electron chi connectivity index (χ2n) is 7.73. The van der Waals surface area contributed by atoms with Crippen LogP contribution in [0.1, 0.15) is 37.3 Å². The Labute approximate surface area is 168 Å². The van der Waals surface area contributed by atoms with E-state index in [0.29, 0.717) is 13.1 Å². The summed E-state index contributed by atoms with van der Waals surface area (Å²) < 4.78 is 5.60. The molecular weight excluding hydrogens is 348 g/mol. The summed E-state index contributed by atoms with van der Waals surface area (Å²) in [4.78, 5) is 15.0. The van der Waals surface area contributed by atoms with Crippen LogP contribution >= 0.6 is 0 Å². The Morgan fingerprint density at radius 1 is 1.04 bits per heavy atom. The van der Waals surface area contributed by atoms with E-state index in [1.165, 1.54) is 11.1 Å². The van der Waals surface area contributed by atoms with Gasteiger partial charge in [0, 0.05) is 31.7 Å². The zero-order chi connectivity index (χ0) is 19.7. The number of carbonyl (C=O) groups is 1. The van der Waals surface area contributed by atoms with Gasteiger partial charge >= 0.3 is 0 Å². The molecule has 4 nitrogen and oxygen atoms in total. The van der Waals surface area contributed by atoms with Gasteiger partial charge in [-0.25, -0.2) is 0 Å². The zero-order valence-electron chi connectivity index (χ0n) is 16.9. The number of amides is 1. The monoisotopic (exact) mass is 380 g/mol. The Bertz CT molecular complexity index is 712. The largest absolute Gasteiger partial charge is 0.381 e. The predicted molar refractivity (Wildman–Crippen MR) is 113 cm³/mol. The molecule has 0 bridgehead atoms. The van der Waals surface area contributed by atoms with Crippen LogP contribution in [0.4, 0.5) is 0 Å². The quantitative estimate of drug-likeness (QED) is 0.720. The van der Waals surface area contributed by atoms with Crippen molar-refractivity contribution in [2.45, 2.75) is 38.1 Å². The first-order chi connectivity index (χ1) is 13.7. The van der Waals surface area contributed by atoms with Gasteiger partial charge in [0.1, 0.15) is 0 Å². The number of nitrogens with one attached hydrogen (secondary N) is 1. The van der Waals surface area contributed by atoms with Crippen molar-refractivity contribution in [1.29, 1.82) is 0 Å². The highest BCUT2D eigenvalue weighted by atomic mass is 16.5. The van der Waals surface area contributed by atoms with Crippen molar-refractivity contribution < 1.29 is 9.53 Å². The molecule has 1 N–H and O–H groups in total. The molecule has 150 valence electrons. The molecule has 0 atom stereocenters. The fourth-order valence-corrected chi connectivity index (χ4v) is 4.02. The topological polar surface area (TPSA) is 41.6 Å². The number of benzene rings is 2. The van der Waals surface area contributed by atoms with E-state index in [4.69, 9.17) is 4.74 Å². The fraction of sp³-hybridized carbons (Fsp3) is 0.458. The maximum absolute atomic E-state index is 12.8. The van der Waals surface area contributed by atoms with Crippen molar-refractivity contribution in [2.75, 3.05) is 32.8 Å². The van der Waals surface area contributed by atoms with Crippen LogP contribution in [-0.2, 0) is 21.5 Å². The van der Waals surface area contributed by atoms with Crippen LogP contribution < -0.4 is 5.32 Å². The minimum Gasteiger partial charge on any atom is -0.381 e. The van der Waals surface area contributed by atoms with E-state index < -0.39 is 0 Å². The van der Waals surface area contributed by atoms with Crippen molar-refractivity contribution in [3.63, 3.8) is 0 Å². The van der Waals surface area contributed by atoms with Gasteiger partial charge in [-0.3, -0.25) is 9.69 Å². The molecule has 0 aliphatic carbocycles. The van der Waals surface area contributed by atoms with Gasteiger partial charge in [0.25, 0.3) is 0 Å². The lowest BCUT2D eigenvalue weighted by atomic mass is 9.74. The molecule has 0 spiro atoms. The van der Waals surface area contributed by atoms with Crippen LogP contribution in [0.3, 0.4) is 0 Å². The summed E-state index contributed by atoms with van der Waals surface area (Å²) in [6.45, 7) is 6.48. The molecule has 0 aromatic heterocycles. The van der Waals surface area contributed by atoms with Gasteiger partial charge in [-0.15, -0.1) is 0 Å². The van der Waals surface area contributed by atoms with Crippen LogP contribution in [0.5, 0.6) is 0 Å². The SMILES string of the molecule is CCCN(CC(=O)NCC1(c2ccccc2)CCOCC1)Cc1ccccc1. The summed E-state index contributed by atoms with van der Waals surface area (Å²) in [5.74, 6) is 0.103. The fourth-order valence-electron chi connectivity index (χ4n) is 4.02. The third-order valence-electron chi connectivity index (χ3n) is 5.62. The van der Waals surface area contributed by atoms with Crippen molar-refractivity contribution >= 4 is 5.91 Å². The summed E-state index contributed by atoms with van der Waals surface area (Å²) in [6, 6.07) is 20.9. The van der Waals surface area contributed by atoms with Crippen LogP contribution in [0.25, 0.3) is 0 Å². The summed E-state index contributed by atoms with van der Waals surface area (Å²) in [5.41, 5.74) is 2.52. The number of ether oxygens (including phenoxy) is 1. The number of nitrogens with zero attached hydrogens (tertiary/aromatic N) is 1. The number of hydrogen-bond acceptors (Lipinski definition) is 3. The third kappa shape index (κ3) is 5.66. The van der Waals surface area contributed by atoms with Gasteiger partial charge in [0.15, 0.2) is 0 Å². The summed E-state index contributed by atoms with van der Waals surface area (Å²) in [7, 11) is 0. The van der Waals surface area contributed by atoms with Gasteiger partial charge in [0.05, 0.1) is 6.54 Å². The molecule has 1 heterocycles. The van der Waals surface area contributed by atoms with E-state index in [1.54, 1.807) is 0 Å². The smallest absolute Gasteiger partial charge is 0.234 e. The molecule has 3 rings (SSSR count). The van der Waals surface area contributed by atoms with Gasteiger partial charge in [-0.2, -0.15) is 0 Å². The molecule has 0 unspecified atom stereocenters. The van der Waals surface area contributed by atoms with E-state index in [9.17, 15) is 4.79 Å². The van der Waals surface area contributed by atoms with Crippen molar-refractivity contribution in [3.8, 4) is 0 Å².